The van der Waals surface area contributed by atoms with E-state index in [1.54, 1.807) is 13.8 Å². The van der Waals surface area contributed by atoms with E-state index in [4.69, 9.17) is 16.7 Å². The lowest BCUT2D eigenvalue weighted by Crippen LogP contribution is -2.37. The summed E-state index contributed by atoms with van der Waals surface area (Å²) in [5.74, 6) is -0.809. The van der Waals surface area contributed by atoms with E-state index in [0.29, 0.717) is 11.6 Å². The lowest BCUT2D eigenvalue weighted by molar-refractivity contribution is -0.146. The minimum absolute atomic E-state index is 0.0299. The Bertz CT molecular complexity index is 404. The van der Waals surface area contributed by atoms with Gasteiger partial charge in [-0.1, -0.05) is 29.8 Å². The molecule has 0 aromatic heterocycles. The smallest absolute Gasteiger partial charge is 0.310 e. The molecule has 1 rings (SSSR count). The third-order valence-corrected chi connectivity index (χ3v) is 3.15. The fourth-order valence-corrected chi connectivity index (χ4v) is 1.72. The Morgan fingerprint density at radius 3 is 2.59 bits per heavy atom. The SMILES string of the molecule is C[C@H](NCC(C)(C)C(=O)O)c1ccccc1Cl. The summed E-state index contributed by atoms with van der Waals surface area (Å²) in [5, 5.41) is 12.9. The number of halogens is 1. The number of carboxylic acid groups (broad SMARTS) is 1. The molecule has 0 radical (unpaired) electrons. The predicted octanol–water partition coefficient (Wildman–Crippen LogP) is 3.10. The van der Waals surface area contributed by atoms with Crippen molar-refractivity contribution in [3.8, 4) is 0 Å². The van der Waals surface area contributed by atoms with Crippen LogP contribution in [-0.4, -0.2) is 17.6 Å². The highest BCUT2D eigenvalue weighted by atomic mass is 35.5. The molecule has 1 aromatic carbocycles. The third kappa shape index (κ3) is 3.72. The van der Waals surface area contributed by atoms with Crippen molar-refractivity contribution in [2.75, 3.05) is 6.54 Å². The monoisotopic (exact) mass is 255 g/mol. The van der Waals surface area contributed by atoms with Gasteiger partial charge in [0.05, 0.1) is 5.41 Å². The van der Waals surface area contributed by atoms with E-state index in [2.05, 4.69) is 5.32 Å². The van der Waals surface area contributed by atoms with E-state index in [-0.39, 0.29) is 6.04 Å². The van der Waals surface area contributed by atoms with Crippen molar-refractivity contribution >= 4 is 17.6 Å². The van der Waals surface area contributed by atoms with Gasteiger partial charge in [-0.25, -0.2) is 0 Å². The second-order valence-corrected chi connectivity index (χ2v) is 5.22. The molecule has 0 saturated heterocycles. The van der Waals surface area contributed by atoms with Crippen LogP contribution in [0.4, 0.5) is 0 Å². The minimum Gasteiger partial charge on any atom is -0.481 e. The van der Waals surface area contributed by atoms with E-state index >= 15 is 0 Å². The highest BCUT2D eigenvalue weighted by molar-refractivity contribution is 6.31. The van der Waals surface area contributed by atoms with Crippen LogP contribution in [0.3, 0.4) is 0 Å². The topological polar surface area (TPSA) is 49.3 Å². The summed E-state index contributed by atoms with van der Waals surface area (Å²) >= 11 is 6.08. The molecule has 1 atom stereocenters. The molecule has 3 nitrogen and oxygen atoms in total. The highest BCUT2D eigenvalue weighted by Gasteiger charge is 2.27. The second kappa shape index (κ2) is 5.52. The lowest BCUT2D eigenvalue weighted by atomic mass is 9.93. The van der Waals surface area contributed by atoms with Gasteiger partial charge in [0.25, 0.3) is 0 Å². The van der Waals surface area contributed by atoms with E-state index in [1.807, 2.05) is 31.2 Å². The van der Waals surface area contributed by atoms with Gasteiger partial charge in [-0.2, -0.15) is 0 Å². The van der Waals surface area contributed by atoms with Crippen LogP contribution < -0.4 is 5.32 Å². The Hall–Kier alpha value is -1.06. The quantitative estimate of drug-likeness (QED) is 0.850. The van der Waals surface area contributed by atoms with Crippen LogP contribution in [-0.2, 0) is 4.79 Å². The number of carboxylic acids is 1. The molecule has 0 bridgehead atoms. The molecule has 0 aliphatic heterocycles. The Kier molecular flexibility index (Phi) is 4.54. The zero-order valence-corrected chi connectivity index (χ0v) is 11.1. The van der Waals surface area contributed by atoms with Gasteiger partial charge in [0.2, 0.25) is 0 Å². The summed E-state index contributed by atoms with van der Waals surface area (Å²) in [6, 6.07) is 7.59. The number of hydrogen-bond acceptors (Lipinski definition) is 2. The van der Waals surface area contributed by atoms with Crippen LogP contribution in [0.2, 0.25) is 5.02 Å². The van der Waals surface area contributed by atoms with Crippen molar-refractivity contribution in [2.24, 2.45) is 5.41 Å². The summed E-state index contributed by atoms with van der Waals surface area (Å²) in [6.45, 7) is 5.76. The zero-order valence-electron chi connectivity index (χ0n) is 10.3. The van der Waals surface area contributed by atoms with E-state index < -0.39 is 11.4 Å². The maximum atomic E-state index is 11.0. The number of benzene rings is 1. The number of rotatable bonds is 5. The van der Waals surface area contributed by atoms with Crippen LogP contribution >= 0.6 is 11.6 Å². The molecule has 0 saturated carbocycles. The minimum atomic E-state index is -0.809. The second-order valence-electron chi connectivity index (χ2n) is 4.81. The molecule has 0 spiro atoms. The average Bonchev–Trinajstić information content (AvgIpc) is 2.26. The summed E-state index contributed by atoms with van der Waals surface area (Å²) in [7, 11) is 0. The van der Waals surface area contributed by atoms with Crippen molar-refractivity contribution in [1.29, 1.82) is 0 Å². The molecule has 94 valence electrons. The van der Waals surface area contributed by atoms with Gasteiger partial charge in [0, 0.05) is 17.6 Å². The first kappa shape index (κ1) is 14.0. The standard InChI is InChI=1S/C13H18ClNO2/c1-9(10-6-4-5-7-11(10)14)15-8-13(2,3)12(16)17/h4-7,9,15H,8H2,1-3H3,(H,16,17)/t9-/m0/s1. The van der Waals surface area contributed by atoms with Crippen molar-refractivity contribution in [1.82, 2.24) is 5.32 Å². The van der Waals surface area contributed by atoms with Gasteiger partial charge in [0.15, 0.2) is 0 Å². The maximum absolute atomic E-state index is 11.0. The van der Waals surface area contributed by atoms with Crippen LogP contribution in [0.25, 0.3) is 0 Å². The van der Waals surface area contributed by atoms with Crippen LogP contribution in [0, 0.1) is 5.41 Å². The van der Waals surface area contributed by atoms with Crippen LogP contribution in [0.5, 0.6) is 0 Å². The molecule has 1 aromatic rings. The third-order valence-electron chi connectivity index (χ3n) is 2.80. The van der Waals surface area contributed by atoms with Gasteiger partial charge >= 0.3 is 5.97 Å². The molecule has 0 fully saturated rings. The summed E-state index contributed by atoms with van der Waals surface area (Å²) in [4.78, 5) is 11.0. The first-order chi connectivity index (χ1) is 7.84. The Labute approximate surface area is 107 Å². The summed E-state index contributed by atoms with van der Waals surface area (Å²) in [6.07, 6.45) is 0. The molecule has 2 N–H and O–H groups in total. The first-order valence-corrected chi connectivity index (χ1v) is 5.93. The van der Waals surface area contributed by atoms with Gasteiger partial charge < -0.3 is 10.4 Å². The number of aliphatic carboxylic acids is 1. The van der Waals surface area contributed by atoms with Crippen molar-refractivity contribution in [2.45, 2.75) is 26.8 Å². The first-order valence-electron chi connectivity index (χ1n) is 5.56. The molecular formula is C13H18ClNO2. The fourth-order valence-electron chi connectivity index (χ4n) is 1.42. The Balaban J connectivity index is 2.65. The molecule has 17 heavy (non-hydrogen) atoms. The molecular weight excluding hydrogens is 238 g/mol. The molecule has 0 aliphatic rings. The molecule has 0 aliphatic carbocycles. The van der Waals surface area contributed by atoms with Gasteiger partial charge in [-0.05, 0) is 32.4 Å². The Morgan fingerprint density at radius 2 is 2.06 bits per heavy atom. The van der Waals surface area contributed by atoms with E-state index in [0.717, 1.165) is 5.56 Å². The molecule has 0 heterocycles. The highest BCUT2D eigenvalue weighted by Crippen LogP contribution is 2.23. The molecule has 0 unspecified atom stereocenters. The van der Waals surface area contributed by atoms with Crippen LogP contribution in [0.1, 0.15) is 32.4 Å². The largest absolute Gasteiger partial charge is 0.481 e. The van der Waals surface area contributed by atoms with Crippen LogP contribution in [0.15, 0.2) is 24.3 Å². The van der Waals surface area contributed by atoms with E-state index in [1.165, 1.54) is 0 Å². The van der Waals surface area contributed by atoms with Gasteiger partial charge in [0.1, 0.15) is 0 Å². The summed E-state index contributed by atoms with van der Waals surface area (Å²) < 4.78 is 0. The molecule has 4 heteroatoms. The van der Waals surface area contributed by atoms with Crippen molar-refractivity contribution in [3.05, 3.63) is 34.9 Å². The van der Waals surface area contributed by atoms with Gasteiger partial charge in [-0.3, -0.25) is 4.79 Å². The fraction of sp³-hybridized carbons (Fsp3) is 0.462. The normalized spacial score (nSPS) is 13.4. The van der Waals surface area contributed by atoms with E-state index in [9.17, 15) is 4.79 Å². The predicted molar refractivity (Wildman–Crippen MR) is 69.3 cm³/mol. The van der Waals surface area contributed by atoms with Crippen molar-refractivity contribution < 1.29 is 9.90 Å². The average molecular weight is 256 g/mol. The number of carbonyl (C=O) groups is 1. The van der Waals surface area contributed by atoms with Gasteiger partial charge in [-0.15, -0.1) is 0 Å². The zero-order chi connectivity index (χ0) is 13.1. The summed E-state index contributed by atoms with van der Waals surface area (Å²) in [5.41, 5.74) is 0.200. The number of nitrogens with one attached hydrogen (secondary N) is 1. The number of hydrogen-bond donors (Lipinski definition) is 2. The van der Waals surface area contributed by atoms with Crippen molar-refractivity contribution in [3.63, 3.8) is 0 Å². The molecule has 0 amide bonds. The Morgan fingerprint density at radius 1 is 1.47 bits per heavy atom. The lowest BCUT2D eigenvalue weighted by Gasteiger charge is -2.23. The maximum Gasteiger partial charge on any atom is 0.310 e.